The number of nitrogens with one attached hydrogen (secondary N) is 1. The van der Waals surface area contributed by atoms with E-state index >= 15 is 0 Å². The number of esters is 1. The van der Waals surface area contributed by atoms with Gasteiger partial charge in [-0.15, -0.1) is 11.3 Å². The van der Waals surface area contributed by atoms with Crippen molar-refractivity contribution in [3.05, 3.63) is 45.6 Å². The molecule has 3 aromatic rings. The van der Waals surface area contributed by atoms with Crippen LogP contribution in [0.3, 0.4) is 0 Å². The number of rotatable bonds is 4. The Kier molecular flexibility index (Phi) is 5.07. The maximum absolute atomic E-state index is 12.3. The second kappa shape index (κ2) is 7.28. The molecule has 0 fully saturated rings. The van der Waals surface area contributed by atoms with Gasteiger partial charge in [0.05, 0.1) is 22.7 Å². The number of nitriles is 1. The Morgan fingerprint density at radius 3 is 2.77 bits per heavy atom. The zero-order valence-electron chi connectivity index (χ0n) is 14.3. The molecule has 0 saturated heterocycles. The van der Waals surface area contributed by atoms with Crippen molar-refractivity contribution in [3.8, 4) is 6.07 Å². The summed E-state index contributed by atoms with van der Waals surface area (Å²) in [5.74, 6) is 0.0417. The average molecular weight is 387 g/mol. The molecule has 1 aromatic carbocycles. The van der Waals surface area contributed by atoms with Crippen LogP contribution in [-0.2, 0) is 4.74 Å². The number of benzene rings is 1. The normalized spacial score (nSPS) is 10.8. The number of aromatic nitrogens is 2. The summed E-state index contributed by atoms with van der Waals surface area (Å²) in [6, 6.07) is 9.20. The van der Waals surface area contributed by atoms with E-state index in [1.807, 2.05) is 13.0 Å². The third-order valence-corrected chi connectivity index (χ3v) is 4.93. The lowest BCUT2D eigenvalue weighted by atomic mass is 10.1. The fourth-order valence-electron chi connectivity index (χ4n) is 2.48. The Morgan fingerprint density at radius 2 is 2.08 bits per heavy atom. The summed E-state index contributed by atoms with van der Waals surface area (Å²) in [5, 5.41) is 13.1. The number of nitrogens with zero attached hydrogens (tertiary/aromatic N) is 3. The van der Waals surface area contributed by atoms with Gasteiger partial charge in [0.2, 0.25) is 5.28 Å². The number of para-hydroxylation sites is 1. The predicted molar refractivity (Wildman–Crippen MR) is 102 cm³/mol. The van der Waals surface area contributed by atoms with Crippen molar-refractivity contribution in [3.63, 3.8) is 0 Å². The van der Waals surface area contributed by atoms with Crippen LogP contribution in [0.2, 0.25) is 5.28 Å². The van der Waals surface area contributed by atoms with Crippen LogP contribution in [0.25, 0.3) is 10.2 Å². The summed E-state index contributed by atoms with van der Waals surface area (Å²) in [6.07, 6.45) is -0.220. The molecule has 0 spiro atoms. The van der Waals surface area contributed by atoms with Crippen molar-refractivity contribution >= 4 is 50.6 Å². The lowest BCUT2D eigenvalue weighted by Crippen LogP contribution is -2.11. The molecule has 8 heteroatoms. The van der Waals surface area contributed by atoms with Crippen molar-refractivity contribution < 1.29 is 9.53 Å². The number of carbonyl (C=O) groups is 1. The van der Waals surface area contributed by atoms with Gasteiger partial charge in [0.1, 0.15) is 21.6 Å². The summed E-state index contributed by atoms with van der Waals surface area (Å²) in [4.78, 5) is 21.9. The Morgan fingerprint density at radius 1 is 1.35 bits per heavy atom. The van der Waals surface area contributed by atoms with Crippen LogP contribution in [0, 0.1) is 18.3 Å². The molecule has 2 heterocycles. The van der Waals surface area contributed by atoms with Crippen LogP contribution in [0.4, 0.5) is 11.5 Å². The summed E-state index contributed by atoms with van der Waals surface area (Å²) in [6.45, 7) is 5.40. The molecule has 26 heavy (non-hydrogen) atoms. The van der Waals surface area contributed by atoms with Gasteiger partial charge in [-0.05, 0) is 50.1 Å². The minimum atomic E-state index is -0.403. The van der Waals surface area contributed by atoms with Crippen LogP contribution in [0.1, 0.15) is 34.6 Å². The van der Waals surface area contributed by atoms with Gasteiger partial charge in [-0.1, -0.05) is 12.1 Å². The smallest absolute Gasteiger partial charge is 0.348 e. The highest BCUT2D eigenvalue weighted by Crippen LogP contribution is 2.36. The molecule has 0 aliphatic carbocycles. The van der Waals surface area contributed by atoms with Crippen LogP contribution in [-0.4, -0.2) is 22.0 Å². The molecule has 0 amide bonds. The molecule has 0 aliphatic rings. The molecule has 0 aliphatic heterocycles. The number of fused-ring (bicyclic) bond motifs is 1. The summed E-state index contributed by atoms with van der Waals surface area (Å²) in [5.41, 5.74) is 1.79. The molecule has 0 bridgehead atoms. The van der Waals surface area contributed by atoms with E-state index < -0.39 is 5.97 Å². The van der Waals surface area contributed by atoms with E-state index in [-0.39, 0.29) is 11.4 Å². The molecule has 6 nitrogen and oxygen atoms in total. The third kappa shape index (κ3) is 3.47. The standard InChI is InChI=1S/C18H15ClN4O2S/c1-9(2)25-17(24)14-10(3)13-15(22-18(19)23-16(13)26-14)21-12-7-5-4-6-11(12)8-20/h4-7,9H,1-3H3,(H,21,22,23). The quantitative estimate of drug-likeness (QED) is 0.510. The van der Waals surface area contributed by atoms with Crippen LogP contribution >= 0.6 is 22.9 Å². The van der Waals surface area contributed by atoms with E-state index in [1.54, 1.807) is 32.0 Å². The number of anilines is 2. The molecular weight excluding hydrogens is 372 g/mol. The Labute approximate surface area is 159 Å². The van der Waals surface area contributed by atoms with Crippen LogP contribution < -0.4 is 5.32 Å². The van der Waals surface area contributed by atoms with Crippen molar-refractivity contribution in [2.75, 3.05) is 5.32 Å². The molecule has 0 saturated carbocycles. The van der Waals surface area contributed by atoms with Gasteiger partial charge in [0.25, 0.3) is 0 Å². The number of ether oxygens (including phenoxy) is 1. The van der Waals surface area contributed by atoms with E-state index in [0.29, 0.717) is 37.7 Å². The van der Waals surface area contributed by atoms with Gasteiger partial charge in [0, 0.05) is 0 Å². The first kappa shape index (κ1) is 18.1. The first-order chi connectivity index (χ1) is 12.4. The largest absolute Gasteiger partial charge is 0.459 e. The van der Waals surface area contributed by atoms with Gasteiger partial charge >= 0.3 is 5.97 Å². The van der Waals surface area contributed by atoms with Crippen molar-refractivity contribution in [2.24, 2.45) is 0 Å². The number of hydrogen-bond donors (Lipinski definition) is 1. The molecule has 0 unspecified atom stereocenters. The van der Waals surface area contributed by atoms with E-state index in [0.717, 1.165) is 0 Å². The molecule has 1 N–H and O–H groups in total. The number of halogens is 1. The van der Waals surface area contributed by atoms with Gasteiger partial charge < -0.3 is 10.1 Å². The Bertz CT molecular complexity index is 1040. The van der Waals surface area contributed by atoms with E-state index in [1.165, 1.54) is 11.3 Å². The Hall–Kier alpha value is -2.69. The maximum atomic E-state index is 12.3. The third-order valence-electron chi connectivity index (χ3n) is 3.59. The van der Waals surface area contributed by atoms with Gasteiger partial charge in [-0.2, -0.15) is 10.2 Å². The molecule has 0 radical (unpaired) electrons. The summed E-state index contributed by atoms with van der Waals surface area (Å²) in [7, 11) is 0. The molecule has 132 valence electrons. The van der Waals surface area contributed by atoms with E-state index in [9.17, 15) is 10.1 Å². The van der Waals surface area contributed by atoms with Crippen LogP contribution in [0.5, 0.6) is 0 Å². The monoisotopic (exact) mass is 386 g/mol. The van der Waals surface area contributed by atoms with Crippen molar-refractivity contribution in [1.82, 2.24) is 9.97 Å². The average Bonchev–Trinajstić information content (AvgIpc) is 2.91. The second-order valence-corrected chi connectivity index (χ2v) is 7.15. The molecule has 0 atom stereocenters. The van der Waals surface area contributed by atoms with Crippen molar-refractivity contribution in [1.29, 1.82) is 5.26 Å². The zero-order chi connectivity index (χ0) is 18.8. The zero-order valence-corrected chi connectivity index (χ0v) is 15.9. The Balaban J connectivity index is 2.13. The van der Waals surface area contributed by atoms with Gasteiger partial charge in [-0.3, -0.25) is 0 Å². The number of hydrogen-bond acceptors (Lipinski definition) is 7. The first-order valence-corrected chi connectivity index (χ1v) is 9.04. The predicted octanol–water partition coefficient (Wildman–Crippen LogP) is 4.83. The molecule has 2 aromatic heterocycles. The van der Waals surface area contributed by atoms with Gasteiger partial charge in [0.15, 0.2) is 0 Å². The highest BCUT2D eigenvalue weighted by Gasteiger charge is 2.22. The summed E-state index contributed by atoms with van der Waals surface area (Å²) >= 11 is 7.26. The topological polar surface area (TPSA) is 87.9 Å². The number of thiophene rings is 1. The minimum Gasteiger partial charge on any atom is -0.459 e. The highest BCUT2D eigenvalue weighted by atomic mass is 35.5. The number of aryl methyl sites for hydroxylation is 1. The summed E-state index contributed by atoms with van der Waals surface area (Å²) < 4.78 is 5.30. The van der Waals surface area contributed by atoms with E-state index in [4.69, 9.17) is 16.3 Å². The van der Waals surface area contributed by atoms with Gasteiger partial charge in [-0.25, -0.2) is 9.78 Å². The maximum Gasteiger partial charge on any atom is 0.348 e. The second-order valence-electron chi connectivity index (χ2n) is 5.81. The lowest BCUT2D eigenvalue weighted by Gasteiger charge is -2.09. The van der Waals surface area contributed by atoms with Crippen molar-refractivity contribution in [2.45, 2.75) is 26.9 Å². The fourth-order valence-corrected chi connectivity index (χ4v) is 3.77. The van der Waals surface area contributed by atoms with Crippen LogP contribution in [0.15, 0.2) is 24.3 Å². The highest BCUT2D eigenvalue weighted by molar-refractivity contribution is 7.20. The first-order valence-electron chi connectivity index (χ1n) is 7.84. The minimum absolute atomic E-state index is 0.0551. The lowest BCUT2D eigenvalue weighted by molar-refractivity contribution is 0.0383. The SMILES string of the molecule is Cc1c(C(=O)OC(C)C)sc2nc(Cl)nc(Nc3ccccc3C#N)c12. The number of carbonyl (C=O) groups excluding carboxylic acids is 1. The molecular formula is C18H15ClN4O2S. The molecule has 3 rings (SSSR count). The van der Waals surface area contributed by atoms with E-state index in [2.05, 4.69) is 21.4 Å². The fraction of sp³-hybridized carbons (Fsp3) is 0.222.